The minimum atomic E-state index is -0.190. The van der Waals surface area contributed by atoms with Crippen LogP contribution in [0.5, 0.6) is 0 Å². The molecule has 0 atom stereocenters. The van der Waals surface area contributed by atoms with Gasteiger partial charge in [-0.25, -0.2) is 4.79 Å². The molecule has 0 unspecified atom stereocenters. The third-order valence-corrected chi connectivity index (χ3v) is 5.20. The average Bonchev–Trinajstić information content (AvgIpc) is 3.07. The number of carbonyl (C=O) groups excluding carboxylic acids is 1. The van der Waals surface area contributed by atoms with Crippen LogP contribution in [0.2, 0.25) is 0 Å². The number of nitrogens with one attached hydrogen (secondary N) is 2. The van der Waals surface area contributed by atoms with Crippen molar-refractivity contribution in [1.82, 2.24) is 9.55 Å². The number of hydrogen-bond acceptors (Lipinski definition) is 3. The van der Waals surface area contributed by atoms with E-state index in [2.05, 4.69) is 21.3 Å². The first-order chi connectivity index (χ1) is 13.6. The number of anilines is 2. The molecule has 0 saturated carbocycles. The fourth-order valence-electron chi connectivity index (χ4n) is 3.72. The Morgan fingerprint density at radius 1 is 1.00 bits per heavy atom. The zero-order chi connectivity index (χ0) is 19.5. The maximum absolute atomic E-state index is 12.8. The number of aromatic amines is 1. The lowest BCUT2D eigenvalue weighted by atomic mass is 10.1. The molecule has 1 fully saturated rings. The summed E-state index contributed by atoms with van der Waals surface area (Å²) in [4.78, 5) is 29.7. The minimum Gasteiger partial charge on any atom is -0.370 e. The fourth-order valence-corrected chi connectivity index (χ4v) is 3.72. The SMILES string of the molecule is Cc1c[nH]c(=O)n1-c1ccc(C(=O)Nc2ccccc2N2CCCCC2)cc1. The van der Waals surface area contributed by atoms with E-state index in [1.54, 1.807) is 35.0 Å². The highest BCUT2D eigenvalue weighted by molar-refractivity contribution is 6.06. The van der Waals surface area contributed by atoms with Crippen molar-refractivity contribution in [2.45, 2.75) is 26.2 Å². The van der Waals surface area contributed by atoms with E-state index >= 15 is 0 Å². The number of aromatic nitrogens is 2. The van der Waals surface area contributed by atoms with E-state index in [0.717, 1.165) is 35.8 Å². The number of hydrogen-bond donors (Lipinski definition) is 2. The number of carbonyl (C=O) groups is 1. The Morgan fingerprint density at radius 2 is 1.71 bits per heavy atom. The van der Waals surface area contributed by atoms with E-state index in [-0.39, 0.29) is 11.6 Å². The fraction of sp³-hybridized carbons (Fsp3) is 0.273. The van der Waals surface area contributed by atoms with Crippen molar-refractivity contribution in [2.75, 3.05) is 23.3 Å². The second kappa shape index (κ2) is 7.76. The van der Waals surface area contributed by atoms with E-state index in [0.29, 0.717) is 5.56 Å². The van der Waals surface area contributed by atoms with Crippen molar-refractivity contribution >= 4 is 17.3 Å². The smallest absolute Gasteiger partial charge is 0.330 e. The van der Waals surface area contributed by atoms with Gasteiger partial charge in [-0.2, -0.15) is 0 Å². The summed E-state index contributed by atoms with van der Waals surface area (Å²) < 4.78 is 1.58. The summed E-state index contributed by atoms with van der Waals surface area (Å²) in [5.74, 6) is -0.158. The van der Waals surface area contributed by atoms with Crippen LogP contribution in [0.4, 0.5) is 11.4 Å². The number of imidazole rings is 1. The number of piperidine rings is 1. The lowest BCUT2D eigenvalue weighted by Gasteiger charge is -2.30. The highest BCUT2D eigenvalue weighted by Crippen LogP contribution is 2.28. The highest BCUT2D eigenvalue weighted by Gasteiger charge is 2.16. The molecular formula is C22H24N4O2. The Balaban J connectivity index is 1.54. The molecule has 0 aliphatic carbocycles. The van der Waals surface area contributed by atoms with Gasteiger partial charge in [0.15, 0.2) is 0 Å². The molecule has 2 N–H and O–H groups in total. The number of benzene rings is 2. The highest BCUT2D eigenvalue weighted by atomic mass is 16.2. The lowest BCUT2D eigenvalue weighted by Crippen LogP contribution is -2.30. The van der Waals surface area contributed by atoms with Crippen LogP contribution >= 0.6 is 0 Å². The second-order valence-corrected chi connectivity index (χ2v) is 7.14. The predicted molar refractivity (Wildman–Crippen MR) is 112 cm³/mol. The van der Waals surface area contributed by atoms with Crippen LogP contribution in [0.1, 0.15) is 35.3 Å². The van der Waals surface area contributed by atoms with Gasteiger partial charge in [-0.3, -0.25) is 9.36 Å². The van der Waals surface area contributed by atoms with Crippen LogP contribution in [-0.4, -0.2) is 28.5 Å². The van der Waals surface area contributed by atoms with E-state index in [9.17, 15) is 9.59 Å². The maximum Gasteiger partial charge on any atom is 0.330 e. The van der Waals surface area contributed by atoms with Crippen molar-refractivity contribution in [3.05, 3.63) is 76.5 Å². The van der Waals surface area contributed by atoms with Gasteiger partial charge in [0.25, 0.3) is 5.91 Å². The minimum absolute atomic E-state index is 0.158. The van der Waals surface area contributed by atoms with Gasteiger partial charge in [0.2, 0.25) is 0 Å². The van der Waals surface area contributed by atoms with E-state index in [1.165, 1.54) is 19.3 Å². The first-order valence-corrected chi connectivity index (χ1v) is 9.66. The molecule has 1 amide bonds. The molecular weight excluding hydrogens is 352 g/mol. The molecule has 0 spiro atoms. The summed E-state index contributed by atoms with van der Waals surface area (Å²) >= 11 is 0. The number of nitrogens with zero attached hydrogens (tertiary/aromatic N) is 2. The van der Waals surface area contributed by atoms with Gasteiger partial charge in [0.05, 0.1) is 17.1 Å². The van der Waals surface area contributed by atoms with Gasteiger partial charge in [-0.05, 0) is 62.6 Å². The molecule has 1 aliphatic heterocycles. The summed E-state index contributed by atoms with van der Waals surface area (Å²) in [5, 5.41) is 3.05. The number of rotatable bonds is 4. The standard InChI is InChI=1S/C22H24N4O2/c1-16-15-23-22(28)26(16)18-11-9-17(10-12-18)21(27)24-19-7-3-4-8-20(19)25-13-5-2-6-14-25/h3-4,7-12,15H,2,5-6,13-14H2,1H3,(H,23,28)(H,24,27). The largest absolute Gasteiger partial charge is 0.370 e. The van der Waals surface area contributed by atoms with Gasteiger partial charge in [-0.1, -0.05) is 12.1 Å². The third kappa shape index (κ3) is 3.58. The maximum atomic E-state index is 12.8. The van der Waals surface area contributed by atoms with Gasteiger partial charge >= 0.3 is 5.69 Å². The van der Waals surface area contributed by atoms with Gasteiger partial charge in [0.1, 0.15) is 0 Å². The Kier molecular flexibility index (Phi) is 5.02. The van der Waals surface area contributed by atoms with Crippen molar-refractivity contribution < 1.29 is 4.79 Å². The Bertz CT molecular complexity index is 1030. The summed E-state index contributed by atoms with van der Waals surface area (Å²) in [6, 6.07) is 15.0. The molecule has 28 heavy (non-hydrogen) atoms. The van der Waals surface area contributed by atoms with Crippen LogP contribution in [0, 0.1) is 6.92 Å². The molecule has 1 aliphatic rings. The molecule has 2 aromatic carbocycles. The monoisotopic (exact) mass is 376 g/mol. The molecule has 1 aromatic heterocycles. The van der Waals surface area contributed by atoms with Gasteiger partial charge in [0, 0.05) is 30.5 Å². The van der Waals surface area contributed by atoms with Crippen LogP contribution < -0.4 is 15.9 Å². The molecule has 6 heteroatoms. The number of H-pyrrole nitrogens is 1. The van der Waals surface area contributed by atoms with E-state index < -0.39 is 0 Å². The first kappa shape index (κ1) is 18.1. The molecule has 0 radical (unpaired) electrons. The molecule has 2 heterocycles. The van der Waals surface area contributed by atoms with Crippen LogP contribution in [-0.2, 0) is 0 Å². The summed E-state index contributed by atoms with van der Waals surface area (Å²) in [6.45, 7) is 3.90. The van der Waals surface area contributed by atoms with E-state index in [4.69, 9.17) is 0 Å². The summed E-state index contributed by atoms with van der Waals surface area (Å²) in [5.41, 5.74) is 3.81. The quantitative estimate of drug-likeness (QED) is 0.729. The third-order valence-electron chi connectivity index (χ3n) is 5.20. The molecule has 3 aromatic rings. The average molecular weight is 376 g/mol. The zero-order valence-electron chi connectivity index (χ0n) is 15.9. The van der Waals surface area contributed by atoms with E-state index in [1.807, 2.05) is 25.1 Å². The first-order valence-electron chi connectivity index (χ1n) is 9.66. The Labute approximate surface area is 163 Å². The van der Waals surface area contributed by atoms with Crippen LogP contribution in [0.15, 0.2) is 59.5 Å². The van der Waals surface area contributed by atoms with Crippen molar-refractivity contribution in [2.24, 2.45) is 0 Å². The normalized spacial score (nSPS) is 14.1. The Morgan fingerprint density at radius 3 is 2.39 bits per heavy atom. The predicted octanol–water partition coefficient (Wildman–Crippen LogP) is 3.72. The van der Waals surface area contributed by atoms with Crippen LogP contribution in [0.25, 0.3) is 5.69 Å². The van der Waals surface area contributed by atoms with Crippen molar-refractivity contribution in [3.63, 3.8) is 0 Å². The van der Waals surface area contributed by atoms with Gasteiger partial charge < -0.3 is 15.2 Å². The van der Waals surface area contributed by atoms with Crippen molar-refractivity contribution in [1.29, 1.82) is 0 Å². The number of amides is 1. The molecule has 4 rings (SSSR count). The number of para-hydroxylation sites is 2. The molecule has 1 saturated heterocycles. The van der Waals surface area contributed by atoms with Crippen molar-refractivity contribution in [3.8, 4) is 5.69 Å². The topological polar surface area (TPSA) is 70.1 Å². The second-order valence-electron chi connectivity index (χ2n) is 7.14. The molecule has 144 valence electrons. The number of aryl methyl sites for hydroxylation is 1. The Hall–Kier alpha value is -3.28. The summed E-state index contributed by atoms with van der Waals surface area (Å²) in [7, 11) is 0. The molecule has 6 nitrogen and oxygen atoms in total. The molecule has 0 bridgehead atoms. The summed E-state index contributed by atoms with van der Waals surface area (Å²) in [6.07, 6.45) is 5.30. The lowest BCUT2D eigenvalue weighted by molar-refractivity contribution is 0.102. The van der Waals surface area contributed by atoms with Crippen LogP contribution in [0.3, 0.4) is 0 Å². The van der Waals surface area contributed by atoms with Gasteiger partial charge in [-0.15, -0.1) is 0 Å². The zero-order valence-corrected chi connectivity index (χ0v) is 15.9.